The highest BCUT2D eigenvalue weighted by atomic mass is 19.3. The van der Waals surface area contributed by atoms with Gasteiger partial charge in [-0.3, -0.25) is 0 Å². The zero-order chi connectivity index (χ0) is 10.2. The lowest BCUT2D eigenvalue weighted by Crippen LogP contribution is -2.37. The van der Waals surface area contributed by atoms with Crippen LogP contribution in [0.5, 0.6) is 0 Å². The molecule has 4 heteroatoms. The summed E-state index contributed by atoms with van der Waals surface area (Å²) in [7, 11) is 0. The lowest BCUT2D eigenvalue weighted by molar-refractivity contribution is -0.114. The van der Waals surface area contributed by atoms with Gasteiger partial charge in [0.2, 0.25) is 5.92 Å². The minimum atomic E-state index is -2.45. The highest BCUT2D eigenvalue weighted by molar-refractivity contribution is 5.25. The van der Waals surface area contributed by atoms with Gasteiger partial charge in [-0.05, 0) is 12.0 Å². The molecule has 1 saturated carbocycles. The Morgan fingerprint density at radius 1 is 1.57 bits per heavy atom. The summed E-state index contributed by atoms with van der Waals surface area (Å²) in [5, 5.41) is 8.56. The van der Waals surface area contributed by atoms with Gasteiger partial charge >= 0.3 is 0 Å². The van der Waals surface area contributed by atoms with Crippen LogP contribution in [0.25, 0.3) is 0 Å². The van der Waals surface area contributed by atoms with Crippen molar-refractivity contribution in [3.8, 4) is 6.07 Å². The fourth-order valence-corrected chi connectivity index (χ4v) is 1.83. The van der Waals surface area contributed by atoms with Crippen molar-refractivity contribution in [2.75, 3.05) is 0 Å². The first-order chi connectivity index (χ1) is 6.59. The van der Waals surface area contributed by atoms with E-state index >= 15 is 0 Å². The minimum Gasteiger partial charge on any atom is -0.353 e. The Kier molecular flexibility index (Phi) is 2.03. The van der Waals surface area contributed by atoms with Gasteiger partial charge in [-0.1, -0.05) is 0 Å². The first-order valence-corrected chi connectivity index (χ1v) is 4.53. The number of alkyl halides is 2. The second kappa shape index (κ2) is 3.09. The van der Waals surface area contributed by atoms with Gasteiger partial charge in [-0.15, -0.1) is 0 Å². The molecule has 0 spiro atoms. The summed E-state index contributed by atoms with van der Waals surface area (Å²) in [5.41, 5.74) is 0.580. The van der Waals surface area contributed by atoms with Gasteiger partial charge in [0, 0.05) is 31.8 Å². The molecule has 0 radical (unpaired) electrons. The standard InChI is InChI=1S/C10H10F2N2/c11-10(12)3-9(4-10)7-14-2-1-8(5-13)6-14/h1-2,6,9H,3-4,7H2. The molecule has 1 fully saturated rings. The molecule has 74 valence electrons. The molecule has 0 amide bonds. The summed E-state index contributed by atoms with van der Waals surface area (Å²) in [6, 6.07) is 3.70. The first-order valence-electron chi connectivity index (χ1n) is 4.53. The molecular formula is C10H10F2N2. The van der Waals surface area contributed by atoms with Crippen LogP contribution in [-0.2, 0) is 6.54 Å². The van der Waals surface area contributed by atoms with Crippen molar-refractivity contribution >= 4 is 0 Å². The van der Waals surface area contributed by atoms with Crippen molar-refractivity contribution in [3.05, 3.63) is 24.0 Å². The fraction of sp³-hybridized carbons (Fsp3) is 0.500. The van der Waals surface area contributed by atoms with Crippen LogP contribution in [-0.4, -0.2) is 10.5 Å². The van der Waals surface area contributed by atoms with E-state index < -0.39 is 5.92 Å². The maximum Gasteiger partial charge on any atom is 0.248 e. The molecule has 1 aliphatic rings. The number of hydrogen-bond acceptors (Lipinski definition) is 1. The van der Waals surface area contributed by atoms with Gasteiger partial charge in [0.15, 0.2) is 0 Å². The second-order valence-electron chi connectivity index (χ2n) is 3.84. The lowest BCUT2D eigenvalue weighted by atomic mass is 9.81. The van der Waals surface area contributed by atoms with E-state index in [0.717, 1.165) is 0 Å². The zero-order valence-corrected chi connectivity index (χ0v) is 7.58. The third-order valence-electron chi connectivity index (χ3n) is 2.52. The van der Waals surface area contributed by atoms with E-state index in [4.69, 9.17) is 5.26 Å². The summed E-state index contributed by atoms with van der Waals surface area (Å²) >= 11 is 0. The summed E-state index contributed by atoms with van der Waals surface area (Å²) < 4.78 is 26.8. The van der Waals surface area contributed by atoms with E-state index in [1.807, 2.05) is 6.07 Å². The van der Waals surface area contributed by atoms with Crippen molar-refractivity contribution in [2.45, 2.75) is 25.3 Å². The lowest BCUT2D eigenvalue weighted by Gasteiger charge is -2.35. The molecule has 0 saturated heterocycles. The summed E-state index contributed by atoms with van der Waals surface area (Å²) in [4.78, 5) is 0. The minimum absolute atomic E-state index is 0.0208. The molecule has 0 unspecified atom stereocenters. The summed E-state index contributed by atoms with van der Waals surface area (Å²) in [6.45, 7) is 0.595. The summed E-state index contributed by atoms with van der Waals surface area (Å²) in [5.74, 6) is -2.39. The van der Waals surface area contributed by atoms with Gasteiger partial charge in [0.05, 0.1) is 5.56 Å². The molecule has 0 aromatic carbocycles. The molecule has 14 heavy (non-hydrogen) atoms. The van der Waals surface area contributed by atoms with Crippen LogP contribution in [0.15, 0.2) is 18.5 Å². The molecule has 1 heterocycles. The number of hydrogen-bond donors (Lipinski definition) is 0. The third kappa shape index (κ3) is 1.77. The van der Waals surface area contributed by atoms with E-state index in [1.54, 1.807) is 23.0 Å². The van der Waals surface area contributed by atoms with Crippen molar-refractivity contribution in [1.29, 1.82) is 5.26 Å². The first kappa shape index (κ1) is 9.20. The van der Waals surface area contributed by atoms with E-state index in [1.165, 1.54) is 0 Å². The third-order valence-corrected chi connectivity index (χ3v) is 2.52. The Morgan fingerprint density at radius 3 is 2.79 bits per heavy atom. The molecule has 2 nitrogen and oxygen atoms in total. The highest BCUT2D eigenvalue weighted by Crippen LogP contribution is 2.43. The zero-order valence-electron chi connectivity index (χ0n) is 7.58. The van der Waals surface area contributed by atoms with Gasteiger partial charge in [-0.2, -0.15) is 5.26 Å². The van der Waals surface area contributed by atoms with Crippen molar-refractivity contribution in [3.63, 3.8) is 0 Å². The van der Waals surface area contributed by atoms with E-state index in [-0.39, 0.29) is 18.8 Å². The van der Waals surface area contributed by atoms with E-state index in [2.05, 4.69) is 0 Å². The van der Waals surface area contributed by atoms with Crippen LogP contribution in [0.2, 0.25) is 0 Å². The Balaban J connectivity index is 1.91. The molecular weight excluding hydrogens is 186 g/mol. The number of rotatable bonds is 2. The summed E-state index contributed by atoms with van der Waals surface area (Å²) in [6.07, 6.45) is 3.41. The number of aromatic nitrogens is 1. The van der Waals surface area contributed by atoms with Gasteiger partial charge < -0.3 is 4.57 Å². The quantitative estimate of drug-likeness (QED) is 0.714. The van der Waals surface area contributed by atoms with Gasteiger partial charge in [-0.25, -0.2) is 8.78 Å². The number of halogens is 2. The molecule has 0 N–H and O–H groups in total. The maximum atomic E-state index is 12.5. The predicted octanol–water partition coefficient (Wildman–Crippen LogP) is 2.41. The van der Waals surface area contributed by atoms with Crippen molar-refractivity contribution in [1.82, 2.24) is 4.57 Å². The molecule has 0 bridgehead atoms. The van der Waals surface area contributed by atoms with Crippen LogP contribution >= 0.6 is 0 Å². The predicted molar refractivity (Wildman–Crippen MR) is 46.8 cm³/mol. The molecule has 0 aliphatic heterocycles. The second-order valence-corrected chi connectivity index (χ2v) is 3.84. The van der Waals surface area contributed by atoms with Crippen LogP contribution in [0, 0.1) is 17.2 Å². The Hall–Kier alpha value is -1.37. The highest BCUT2D eigenvalue weighted by Gasteiger charge is 2.44. The Morgan fingerprint density at radius 2 is 2.29 bits per heavy atom. The van der Waals surface area contributed by atoms with Gasteiger partial charge in [0.25, 0.3) is 0 Å². The Bertz CT molecular complexity index is 368. The van der Waals surface area contributed by atoms with Crippen molar-refractivity contribution in [2.24, 2.45) is 5.92 Å². The van der Waals surface area contributed by atoms with Crippen LogP contribution in [0.4, 0.5) is 8.78 Å². The number of nitrogens with zero attached hydrogens (tertiary/aromatic N) is 2. The average Bonchev–Trinajstić information content (AvgIpc) is 2.49. The van der Waals surface area contributed by atoms with Crippen LogP contribution < -0.4 is 0 Å². The molecule has 1 aromatic heterocycles. The average molecular weight is 196 g/mol. The molecule has 2 rings (SSSR count). The van der Waals surface area contributed by atoms with Crippen molar-refractivity contribution < 1.29 is 8.78 Å². The van der Waals surface area contributed by atoms with Crippen LogP contribution in [0.3, 0.4) is 0 Å². The van der Waals surface area contributed by atoms with E-state index in [0.29, 0.717) is 12.1 Å². The molecule has 1 aliphatic carbocycles. The van der Waals surface area contributed by atoms with Crippen LogP contribution in [0.1, 0.15) is 18.4 Å². The maximum absolute atomic E-state index is 12.5. The molecule has 0 atom stereocenters. The molecule has 1 aromatic rings. The number of nitriles is 1. The van der Waals surface area contributed by atoms with E-state index in [9.17, 15) is 8.78 Å². The normalized spacial score (nSPS) is 20.1. The largest absolute Gasteiger partial charge is 0.353 e. The smallest absolute Gasteiger partial charge is 0.248 e. The Labute approximate surface area is 80.8 Å². The SMILES string of the molecule is N#Cc1ccn(CC2CC(F)(F)C2)c1. The topological polar surface area (TPSA) is 28.7 Å². The fourth-order valence-electron chi connectivity index (χ4n) is 1.83. The monoisotopic (exact) mass is 196 g/mol. The van der Waals surface area contributed by atoms with Gasteiger partial charge in [0.1, 0.15) is 6.07 Å².